The molecule has 4 heteroatoms. The average Bonchev–Trinajstić information content (AvgIpc) is 2.33. The normalized spacial score (nSPS) is 12.2. The Kier molecular flexibility index (Phi) is 4.45. The summed E-state index contributed by atoms with van der Waals surface area (Å²) in [7, 11) is 0. The minimum absolute atomic E-state index is 0.240. The van der Waals surface area contributed by atoms with Gasteiger partial charge in [0, 0.05) is 9.61 Å². The third kappa shape index (κ3) is 3.36. The van der Waals surface area contributed by atoms with Crippen molar-refractivity contribution in [3.63, 3.8) is 0 Å². The van der Waals surface area contributed by atoms with E-state index in [1.807, 2.05) is 13.0 Å². The predicted octanol–water partition coefficient (Wildman–Crippen LogP) is 4.82. The third-order valence-electron chi connectivity index (χ3n) is 2.82. The van der Waals surface area contributed by atoms with Gasteiger partial charge in [0.1, 0.15) is 5.15 Å². The zero-order valence-corrected chi connectivity index (χ0v) is 13.2. The molecule has 1 unspecified atom stereocenters. The zero-order valence-electron chi connectivity index (χ0n) is 10.2. The highest BCUT2D eigenvalue weighted by atomic mass is 127. The summed E-state index contributed by atoms with van der Waals surface area (Å²) in [6, 6.07) is 10.6. The van der Waals surface area contributed by atoms with Crippen molar-refractivity contribution in [1.29, 1.82) is 0 Å². The molecule has 0 bridgehead atoms. The molecule has 1 heterocycles. The molecule has 0 radical (unpaired) electrons. The maximum atomic E-state index is 5.85. The van der Waals surface area contributed by atoms with Crippen molar-refractivity contribution in [3.8, 4) is 0 Å². The Morgan fingerprint density at radius 3 is 2.56 bits per heavy atom. The largest absolute Gasteiger partial charge is 0.377 e. The predicted molar refractivity (Wildman–Crippen MR) is 85.2 cm³/mol. The zero-order chi connectivity index (χ0) is 13.1. The molecule has 2 nitrogen and oxygen atoms in total. The lowest BCUT2D eigenvalue weighted by atomic mass is 10.1. The van der Waals surface area contributed by atoms with E-state index in [1.165, 1.54) is 9.13 Å². The van der Waals surface area contributed by atoms with Crippen LogP contribution < -0.4 is 5.32 Å². The standard InChI is InChI=1S/C14H14ClIN2/c1-9-7-14(15)17-8-13(9)18-10(2)11-3-5-12(16)6-4-11/h3-8,10,18H,1-2H3. The van der Waals surface area contributed by atoms with Gasteiger partial charge in [-0.25, -0.2) is 4.98 Å². The number of nitrogens with zero attached hydrogens (tertiary/aromatic N) is 1. The first-order valence-corrected chi connectivity index (χ1v) is 7.16. The molecule has 0 saturated carbocycles. The lowest BCUT2D eigenvalue weighted by Gasteiger charge is -2.17. The number of nitrogens with one attached hydrogen (secondary N) is 1. The van der Waals surface area contributed by atoms with Gasteiger partial charge in [-0.3, -0.25) is 0 Å². The van der Waals surface area contributed by atoms with Gasteiger partial charge in [-0.1, -0.05) is 23.7 Å². The molecular weight excluding hydrogens is 359 g/mol. The fourth-order valence-corrected chi connectivity index (χ4v) is 2.31. The summed E-state index contributed by atoms with van der Waals surface area (Å²) in [6.45, 7) is 4.16. The summed E-state index contributed by atoms with van der Waals surface area (Å²) >= 11 is 8.16. The van der Waals surface area contributed by atoms with Gasteiger partial charge in [-0.2, -0.15) is 0 Å². The summed E-state index contributed by atoms with van der Waals surface area (Å²) in [5.41, 5.74) is 3.38. The second-order valence-electron chi connectivity index (χ2n) is 4.24. The molecule has 0 aliphatic rings. The van der Waals surface area contributed by atoms with Crippen LogP contribution in [0.3, 0.4) is 0 Å². The maximum Gasteiger partial charge on any atom is 0.129 e. The molecule has 2 aromatic rings. The van der Waals surface area contributed by atoms with E-state index in [0.29, 0.717) is 5.15 Å². The fourth-order valence-electron chi connectivity index (χ4n) is 1.74. The Bertz CT molecular complexity index is 540. The van der Waals surface area contributed by atoms with Gasteiger partial charge in [-0.05, 0) is 65.8 Å². The fraction of sp³-hybridized carbons (Fsp3) is 0.214. The van der Waals surface area contributed by atoms with Gasteiger partial charge < -0.3 is 5.32 Å². The molecule has 0 amide bonds. The van der Waals surface area contributed by atoms with Gasteiger partial charge in [0.2, 0.25) is 0 Å². The van der Waals surface area contributed by atoms with Crippen LogP contribution in [0.15, 0.2) is 36.5 Å². The first kappa shape index (κ1) is 13.6. The van der Waals surface area contributed by atoms with Crippen LogP contribution in [0.2, 0.25) is 5.15 Å². The van der Waals surface area contributed by atoms with Crippen molar-refractivity contribution in [3.05, 3.63) is 56.4 Å². The van der Waals surface area contributed by atoms with Crippen molar-refractivity contribution >= 4 is 39.9 Å². The van der Waals surface area contributed by atoms with E-state index >= 15 is 0 Å². The maximum absolute atomic E-state index is 5.85. The lowest BCUT2D eigenvalue weighted by Crippen LogP contribution is -2.08. The average molecular weight is 373 g/mol. The van der Waals surface area contributed by atoms with E-state index in [9.17, 15) is 0 Å². The number of pyridine rings is 1. The molecule has 1 atom stereocenters. The Labute approximate surface area is 126 Å². The van der Waals surface area contributed by atoms with Gasteiger partial charge in [-0.15, -0.1) is 0 Å². The highest BCUT2D eigenvalue weighted by molar-refractivity contribution is 14.1. The SMILES string of the molecule is Cc1cc(Cl)ncc1NC(C)c1ccc(I)cc1. The second-order valence-corrected chi connectivity index (χ2v) is 5.87. The van der Waals surface area contributed by atoms with Crippen LogP contribution in [-0.2, 0) is 0 Å². The van der Waals surface area contributed by atoms with E-state index in [2.05, 4.69) is 64.1 Å². The quantitative estimate of drug-likeness (QED) is 0.617. The van der Waals surface area contributed by atoms with Crippen molar-refractivity contribution in [2.24, 2.45) is 0 Å². The highest BCUT2D eigenvalue weighted by Crippen LogP contribution is 2.23. The smallest absolute Gasteiger partial charge is 0.129 e. The van der Waals surface area contributed by atoms with Crippen LogP contribution in [0.5, 0.6) is 0 Å². The number of hydrogen-bond donors (Lipinski definition) is 1. The second kappa shape index (κ2) is 5.89. The van der Waals surface area contributed by atoms with Crippen molar-refractivity contribution < 1.29 is 0 Å². The van der Waals surface area contributed by atoms with E-state index in [0.717, 1.165) is 11.3 Å². The molecule has 2 rings (SSSR count). The van der Waals surface area contributed by atoms with Crippen LogP contribution in [0.1, 0.15) is 24.1 Å². The number of hydrogen-bond acceptors (Lipinski definition) is 2. The summed E-state index contributed by atoms with van der Waals surface area (Å²) in [5, 5.41) is 3.98. The van der Waals surface area contributed by atoms with Crippen LogP contribution >= 0.6 is 34.2 Å². The molecule has 0 aliphatic heterocycles. The molecule has 0 spiro atoms. The summed E-state index contributed by atoms with van der Waals surface area (Å²) in [5.74, 6) is 0. The molecule has 1 N–H and O–H groups in total. The van der Waals surface area contributed by atoms with Crippen LogP contribution in [0.25, 0.3) is 0 Å². The molecule has 0 fully saturated rings. The number of rotatable bonds is 3. The third-order valence-corrected chi connectivity index (χ3v) is 3.75. The first-order chi connectivity index (χ1) is 8.56. The Morgan fingerprint density at radius 2 is 1.94 bits per heavy atom. The van der Waals surface area contributed by atoms with Crippen molar-refractivity contribution in [2.75, 3.05) is 5.32 Å². The number of anilines is 1. The number of halogens is 2. The van der Waals surface area contributed by atoms with E-state index in [4.69, 9.17) is 11.6 Å². The van der Waals surface area contributed by atoms with E-state index in [-0.39, 0.29) is 6.04 Å². The van der Waals surface area contributed by atoms with E-state index < -0.39 is 0 Å². The van der Waals surface area contributed by atoms with Crippen LogP contribution in [0, 0.1) is 10.5 Å². The van der Waals surface area contributed by atoms with E-state index in [1.54, 1.807) is 6.20 Å². The van der Waals surface area contributed by atoms with Gasteiger partial charge in [0.05, 0.1) is 11.9 Å². The lowest BCUT2D eigenvalue weighted by molar-refractivity contribution is 0.880. The topological polar surface area (TPSA) is 24.9 Å². The van der Waals surface area contributed by atoms with Gasteiger partial charge >= 0.3 is 0 Å². The van der Waals surface area contributed by atoms with Crippen molar-refractivity contribution in [1.82, 2.24) is 4.98 Å². The summed E-state index contributed by atoms with van der Waals surface area (Å²) in [6.07, 6.45) is 1.78. The molecular formula is C14H14ClIN2. The molecule has 18 heavy (non-hydrogen) atoms. The number of aryl methyl sites for hydroxylation is 1. The molecule has 94 valence electrons. The van der Waals surface area contributed by atoms with Crippen molar-refractivity contribution in [2.45, 2.75) is 19.9 Å². The molecule has 1 aromatic heterocycles. The molecule has 0 saturated heterocycles. The summed E-state index contributed by atoms with van der Waals surface area (Å²) in [4.78, 5) is 4.10. The molecule has 0 aliphatic carbocycles. The Hall–Kier alpha value is -0.810. The Balaban J connectivity index is 2.15. The minimum atomic E-state index is 0.240. The monoisotopic (exact) mass is 372 g/mol. The van der Waals surface area contributed by atoms with Crippen LogP contribution in [-0.4, -0.2) is 4.98 Å². The number of aromatic nitrogens is 1. The molecule has 1 aromatic carbocycles. The van der Waals surface area contributed by atoms with Gasteiger partial charge in [0.25, 0.3) is 0 Å². The highest BCUT2D eigenvalue weighted by Gasteiger charge is 2.07. The number of benzene rings is 1. The summed E-state index contributed by atoms with van der Waals surface area (Å²) < 4.78 is 1.24. The Morgan fingerprint density at radius 1 is 1.28 bits per heavy atom. The van der Waals surface area contributed by atoms with Gasteiger partial charge in [0.15, 0.2) is 0 Å². The van der Waals surface area contributed by atoms with Crippen LogP contribution in [0.4, 0.5) is 5.69 Å². The first-order valence-electron chi connectivity index (χ1n) is 5.70. The minimum Gasteiger partial charge on any atom is -0.377 e.